The van der Waals surface area contributed by atoms with E-state index in [4.69, 9.17) is 0 Å². The lowest BCUT2D eigenvalue weighted by atomic mass is 10.0. The number of likely N-dealkylation sites (tertiary alicyclic amines) is 1. The second-order valence-electron chi connectivity index (χ2n) is 5.96. The van der Waals surface area contributed by atoms with Gasteiger partial charge >= 0.3 is 0 Å². The fourth-order valence-electron chi connectivity index (χ4n) is 3.07. The van der Waals surface area contributed by atoms with E-state index in [2.05, 4.69) is 4.98 Å². The van der Waals surface area contributed by atoms with E-state index in [1.54, 1.807) is 12.3 Å². The zero-order valence-corrected chi connectivity index (χ0v) is 13.2. The highest BCUT2D eigenvalue weighted by atomic mass is 19.1. The molecule has 6 heteroatoms. The van der Waals surface area contributed by atoms with Crippen molar-refractivity contribution in [1.82, 2.24) is 9.88 Å². The van der Waals surface area contributed by atoms with E-state index < -0.39 is 23.8 Å². The number of aliphatic hydroxyl groups excluding tert-OH is 1. The second kappa shape index (κ2) is 6.65. The number of hydrogen-bond acceptors (Lipinski definition) is 3. The summed E-state index contributed by atoms with van der Waals surface area (Å²) in [5.41, 5.74) is 1.37. The average molecular weight is 332 g/mol. The summed E-state index contributed by atoms with van der Waals surface area (Å²) in [4.78, 5) is 18.2. The SMILES string of the molecule is CCc1cncc(C(=O)N2C[C@H](O)C[C@@H]2c2cc(F)ccc2F)c1. The van der Waals surface area contributed by atoms with Gasteiger partial charge < -0.3 is 10.0 Å². The minimum Gasteiger partial charge on any atom is -0.391 e. The molecule has 1 fully saturated rings. The van der Waals surface area contributed by atoms with Crippen molar-refractivity contribution in [2.75, 3.05) is 6.54 Å². The number of benzene rings is 1. The van der Waals surface area contributed by atoms with Crippen LogP contribution < -0.4 is 0 Å². The largest absolute Gasteiger partial charge is 0.391 e. The van der Waals surface area contributed by atoms with Crippen LogP contribution in [-0.2, 0) is 6.42 Å². The lowest BCUT2D eigenvalue weighted by molar-refractivity contribution is 0.0713. The third-order valence-electron chi connectivity index (χ3n) is 4.31. The molecule has 2 atom stereocenters. The third-order valence-corrected chi connectivity index (χ3v) is 4.31. The molecule has 1 aliphatic rings. The van der Waals surface area contributed by atoms with Crippen LogP contribution in [0.15, 0.2) is 36.7 Å². The van der Waals surface area contributed by atoms with Crippen molar-refractivity contribution in [3.63, 3.8) is 0 Å². The van der Waals surface area contributed by atoms with Gasteiger partial charge in [0.15, 0.2) is 0 Å². The standard InChI is InChI=1S/C18H18F2N2O2/c1-2-11-5-12(9-21-8-11)18(24)22-10-14(23)7-17(22)15-6-13(19)3-4-16(15)20/h3-6,8-9,14,17,23H,2,7,10H2,1H3/t14-,17-/m1/s1. The van der Waals surface area contributed by atoms with Crippen LogP contribution in [0.4, 0.5) is 8.78 Å². The number of pyridine rings is 1. The number of aryl methyl sites for hydroxylation is 1. The molecule has 1 aliphatic heterocycles. The first-order valence-electron chi connectivity index (χ1n) is 7.87. The molecule has 0 spiro atoms. The van der Waals surface area contributed by atoms with Gasteiger partial charge in [0.1, 0.15) is 11.6 Å². The molecule has 0 unspecified atom stereocenters. The zero-order valence-electron chi connectivity index (χ0n) is 13.2. The van der Waals surface area contributed by atoms with Gasteiger partial charge in [0.05, 0.1) is 17.7 Å². The molecule has 0 radical (unpaired) electrons. The Kier molecular flexibility index (Phi) is 4.57. The number of aliphatic hydroxyl groups is 1. The molecule has 24 heavy (non-hydrogen) atoms. The van der Waals surface area contributed by atoms with Crippen molar-refractivity contribution < 1.29 is 18.7 Å². The van der Waals surface area contributed by atoms with Gasteiger partial charge in [-0.3, -0.25) is 9.78 Å². The molecule has 0 aliphatic carbocycles. The fraction of sp³-hybridized carbons (Fsp3) is 0.333. The quantitative estimate of drug-likeness (QED) is 0.940. The van der Waals surface area contributed by atoms with Crippen molar-refractivity contribution in [2.24, 2.45) is 0 Å². The lowest BCUT2D eigenvalue weighted by Gasteiger charge is -2.25. The topological polar surface area (TPSA) is 53.4 Å². The summed E-state index contributed by atoms with van der Waals surface area (Å²) in [6, 6.07) is 4.19. The van der Waals surface area contributed by atoms with Gasteiger partial charge in [-0.2, -0.15) is 0 Å². The molecule has 4 nitrogen and oxygen atoms in total. The summed E-state index contributed by atoms with van der Waals surface area (Å²) in [6.07, 6.45) is 3.26. The van der Waals surface area contributed by atoms with Crippen LogP contribution in [0.2, 0.25) is 0 Å². The van der Waals surface area contributed by atoms with E-state index in [1.165, 1.54) is 11.1 Å². The highest BCUT2D eigenvalue weighted by Gasteiger charge is 2.37. The predicted octanol–water partition coefficient (Wildman–Crippen LogP) is 2.87. The fourth-order valence-corrected chi connectivity index (χ4v) is 3.07. The molecule has 0 bridgehead atoms. The highest BCUT2D eigenvalue weighted by Crippen LogP contribution is 2.35. The first-order valence-corrected chi connectivity index (χ1v) is 7.87. The smallest absolute Gasteiger partial charge is 0.256 e. The molecule has 3 rings (SSSR count). The van der Waals surface area contributed by atoms with Crippen LogP contribution in [0, 0.1) is 11.6 Å². The van der Waals surface area contributed by atoms with Crippen molar-refractivity contribution in [1.29, 1.82) is 0 Å². The summed E-state index contributed by atoms with van der Waals surface area (Å²) in [5, 5.41) is 9.96. The molecule has 126 valence electrons. The van der Waals surface area contributed by atoms with Gasteiger partial charge in [-0.05, 0) is 42.7 Å². The normalized spacial score (nSPS) is 20.4. The molecule has 1 N–H and O–H groups in total. The van der Waals surface area contributed by atoms with Gasteiger partial charge in [-0.15, -0.1) is 0 Å². The van der Waals surface area contributed by atoms with E-state index in [-0.39, 0.29) is 24.4 Å². The van der Waals surface area contributed by atoms with Gasteiger partial charge in [-0.25, -0.2) is 8.78 Å². The number of carbonyl (C=O) groups is 1. The first kappa shape index (κ1) is 16.5. The Labute approximate surface area is 138 Å². The van der Waals surface area contributed by atoms with Gasteiger partial charge in [0, 0.05) is 24.5 Å². The maximum Gasteiger partial charge on any atom is 0.256 e. The monoisotopic (exact) mass is 332 g/mol. The van der Waals surface area contributed by atoms with E-state index in [0.717, 1.165) is 30.2 Å². The second-order valence-corrected chi connectivity index (χ2v) is 5.96. The molecule has 1 saturated heterocycles. The summed E-state index contributed by atoms with van der Waals surface area (Å²) < 4.78 is 27.6. The highest BCUT2D eigenvalue weighted by molar-refractivity contribution is 5.94. The number of halogens is 2. The Morgan fingerprint density at radius 2 is 2.12 bits per heavy atom. The number of nitrogens with zero attached hydrogens (tertiary/aromatic N) is 2. The van der Waals surface area contributed by atoms with Gasteiger partial charge in [0.2, 0.25) is 0 Å². The minimum atomic E-state index is -0.774. The molecular formula is C18H18F2N2O2. The Morgan fingerprint density at radius 3 is 2.88 bits per heavy atom. The number of β-amino-alcohol motifs (C(OH)–C–C–N with tert-alkyl or cyclic N) is 1. The summed E-state index contributed by atoms with van der Waals surface area (Å²) in [7, 11) is 0. The van der Waals surface area contributed by atoms with E-state index in [9.17, 15) is 18.7 Å². The number of aromatic nitrogens is 1. The van der Waals surface area contributed by atoms with Crippen LogP contribution in [-0.4, -0.2) is 33.5 Å². The Morgan fingerprint density at radius 1 is 1.33 bits per heavy atom. The molecule has 0 saturated carbocycles. The van der Waals surface area contributed by atoms with Crippen LogP contribution in [0.1, 0.15) is 40.9 Å². The number of hydrogen-bond donors (Lipinski definition) is 1. The van der Waals surface area contributed by atoms with Crippen molar-refractivity contribution in [3.05, 3.63) is 65.0 Å². The number of carbonyl (C=O) groups excluding carboxylic acids is 1. The molecule has 2 aromatic rings. The maximum absolute atomic E-state index is 14.1. The first-order chi connectivity index (χ1) is 11.5. The molecule has 1 aromatic carbocycles. The lowest BCUT2D eigenvalue weighted by Crippen LogP contribution is -2.32. The minimum absolute atomic E-state index is 0.0792. The maximum atomic E-state index is 14.1. The number of rotatable bonds is 3. The predicted molar refractivity (Wildman–Crippen MR) is 84.4 cm³/mol. The van der Waals surface area contributed by atoms with Crippen LogP contribution in [0.3, 0.4) is 0 Å². The van der Waals surface area contributed by atoms with Crippen LogP contribution in [0.25, 0.3) is 0 Å². The Balaban J connectivity index is 1.95. The summed E-state index contributed by atoms with van der Waals surface area (Å²) in [5.74, 6) is -1.51. The Hall–Kier alpha value is -2.34. The van der Waals surface area contributed by atoms with Crippen LogP contribution >= 0.6 is 0 Å². The van der Waals surface area contributed by atoms with Crippen molar-refractivity contribution >= 4 is 5.91 Å². The molecular weight excluding hydrogens is 314 g/mol. The van der Waals surface area contributed by atoms with Gasteiger partial charge in [0.25, 0.3) is 5.91 Å². The van der Waals surface area contributed by atoms with E-state index >= 15 is 0 Å². The van der Waals surface area contributed by atoms with Crippen molar-refractivity contribution in [2.45, 2.75) is 31.9 Å². The molecule has 1 aromatic heterocycles. The Bertz CT molecular complexity index is 766. The average Bonchev–Trinajstić information content (AvgIpc) is 2.98. The van der Waals surface area contributed by atoms with Crippen molar-refractivity contribution in [3.8, 4) is 0 Å². The van der Waals surface area contributed by atoms with Gasteiger partial charge in [-0.1, -0.05) is 6.92 Å². The van der Waals surface area contributed by atoms with Crippen LogP contribution in [0.5, 0.6) is 0 Å². The van der Waals surface area contributed by atoms with E-state index in [1.807, 2.05) is 6.92 Å². The third kappa shape index (κ3) is 3.14. The zero-order chi connectivity index (χ0) is 17.3. The summed E-state index contributed by atoms with van der Waals surface area (Å²) >= 11 is 0. The number of amides is 1. The molecule has 1 amide bonds. The van der Waals surface area contributed by atoms with E-state index in [0.29, 0.717) is 5.56 Å². The molecule has 2 heterocycles. The summed E-state index contributed by atoms with van der Waals surface area (Å²) in [6.45, 7) is 2.03.